The lowest BCUT2D eigenvalue weighted by Crippen LogP contribution is -2.42. The van der Waals surface area contributed by atoms with Crippen molar-refractivity contribution in [1.29, 1.82) is 0 Å². The SMILES string of the molecule is CCCN(C(=O)c1ccc(-n2nc(C)cc2C)cc1)C1CCNC1.Cl. The third-order valence-corrected chi connectivity index (χ3v) is 4.57. The fourth-order valence-electron chi connectivity index (χ4n) is 3.40. The summed E-state index contributed by atoms with van der Waals surface area (Å²) in [6.45, 7) is 8.85. The third kappa shape index (κ3) is 4.22. The fraction of sp³-hybridized carbons (Fsp3) is 0.474. The van der Waals surface area contributed by atoms with Crippen molar-refractivity contribution in [3.05, 3.63) is 47.3 Å². The number of nitrogens with one attached hydrogen (secondary N) is 1. The molecule has 0 aliphatic carbocycles. The number of aromatic nitrogens is 2. The lowest BCUT2D eigenvalue weighted by atomic mass is 10.1. The van der Waals surface area contributed by atoms with E-state index >= 15 is 0 Å². The Bertz CT molecular complexity index is 705. The van der Waals surface area contributed by atoms with Crippen LogP contribution in [-0.2, 0) is 0 Å². The highest BCUT2D eigenvalue weighted by Gasteiger charge is 2.26. The Morgan fingerprint density at radius 3 is 2.56 bits per heavy atom. The average molecular weight is 363 g/mol. The van der Waals surface area contributed by atoms with Gasteiger partial charge in [0.2, 0.25) is 0 Å². The molecule has 1 atom stereocenters. The van der Waals surface area contributed by atoms with Gasteiger partial charge >= 0.3 is 0 Å². The quantitative estimate of drug-likeness (QED) is 0.889. The van der Waals surface area contributed by atoms with Crippen molar-refractivity contribution < 1.29 is 4.79 Å². The second-order valence-corrected chi connectivity index (χ2v) is 6.53. The van der Waals surface area contributed by atoms with Crippen LogP contribution in [0, 0.1) is 13.8 Å². The molecule has 0 radical (unpaired) electrons. The van der Waals surface area contributed by atoms with Gasteiger partial charge in [-0.25, -0.2) is 4.68 Å². The number of hydrogen-bond donors (Lipinski definition) is 1. The van der Waals surface area contributed by atoms with E-state index in [1.54, 1.807) is 0 Å². The van der Waals surface area contributed by atoms with E-state index in [2.05, 4.69) is 23.4 Å². The molecule has 0 spiro atoms. The zero-order valence-corrected chi connectivity index (χ0v) is 16.0. The van der Waals surface area contributed by atoms with E-state index in [4.69, 9.17) is 0 Å². The average Bonchev–Trinajstić information content (AvgIpc) is 3.22. The Balaban J connectivity index is 0.00000225. The molecule has 2 heterocycles. The van der Waals surface area contributed by atoms with Crippen LogP contribution in [-0.4, -0.2) is 46.3 Å². The van der Waals surface area contributed by atoms with E-state index in [0.29, 0.717) is 6.04 Å². The fourth-order valence-corrected chi connectivity index (χ4v) is 3.40. The van der Waals surface area contributed by atoms with Crippen LogP contribution in [0.25, 0.3) is 5.69 Å². The predicted octanol–water partition coefficient (Wildman–Crippen LogP) is 3.13. The van der Waals surface area contributed by atoms with Gasteiger partial charge in [0.25, 0.3) is 5.91 Å². The van der Waals surface area contributed by atoms with Crippen LogP contribution in [0.5, 0.6) is 0 Å². The van der Waals surface area contributed by atoms with E-state index in [0.717, 1.165) is 55.1 Å². The van der Waals surface area contributed by atoms with Gasteiger partial charge < -0.3 is 10.2 Å². The Hall–Kier alpha value is -1.85. The van der Waals surface area contributed by atoms with E-state index in [1.165, 1.54) is 0 Å². The van der Waals surface area contributed by atoms with Crippen molar-refractivity contribution in [2.24, 2.45) is 0 Å². The van der Waals surface area contributed by atoms with Gasteiger partial charge in [0, 0.05) is 30.4 Å². The number of benzene rings is 1. The van der Waals surface area contributed by atoms with E-state index < -0.39 is 0 Å². The molecule has 25 heavy (non-hydrogen) atoms. The normalized spacial score (nSPS) is 16.5. The van der Waals surface area contributed by atoms with Crippen molar-refractivity contribution in [3.8, 4) is 5.69 Å². The van der Waals surface area contributed by atoms with Crippen molar-refractivity contribution >= 4 is 18.3 Å². The van der Waals surface area contributed by atoms with Gasteiger partial charge in [-0.1, -0.05) is 6.92 Å². The number of amides is 1. The summed E-state index contributed by atoms with van der Waals surface area (Å²) in [5, 5.41) is 7.85. The summed E-state index contributed by atoms with van der Waals surface area (Å²) in [5.41, 5.74) is 3.83. The molecule has 6 heteroatoms. The van der Waals surface area contributed by atoms with Gasteiger partial charge in [0.1, 0.15) is 0 Å². The number of halogens is 1. The molecular weight excluding hydrogens is 336 g/mol. The first-order valence-corrected chi connectivity index (χ1v) is 8.75. The van der Waals surface area contributed by atoms with Crippen LogP contribution < -0.4 is 5.32 Å². The van der Waals surface area contributed by atoms with Crippen molar-refractivity contribution in [1.82, 2.24) is 20.0 Å². The van der Waals surface area contributed by atoms with Crippen LogP contribution in [0.3, 0.4) is 0 Å². The molecule has 1 aliphatic heterocycles. The van der Waals surface area contributed by atoms with Crippen LogP contribution in [0.4, 0.5) is 0 Å². The minimum Gasteiger partial charge on any atom is -0.334 e. The molecule has 3 rings (SSSR count). The summed E-state index contributed by atoms with van der Waals surface area (Å²) < 4.78 is 1.91. The highest BCUT2D eigenvalue weighted by molar-refractivity contribution is 5.94. The summed E-state index contributed by atoms with van der Waals surface area (Å²) in [7, 11) is 0. The Kier molecular flexibility index (Phi) is 6.62. The number of carbonyl (C=O) groups is 1. The molecular formula is C19H27ClN4O. The zero-order chi connectivity index (χ0) is 17.1. The van der Waals surface area contributed by atoms with Gasteiger partial charge in [-0.2, -0.15) is 5.10 Å². The molecule has 0 saturated carbocycles. The molecule has 1 unspecified atom stereocenters. The third-order valence-electron chi connectivity index (χ3n) is 4.57. The van der Waals surface area contributed by atoms with Gasteiger partial charge in [0.05, 0.1) is 11.4 Å². The van der Waals surface area contributed by atoms with Gasteiger partial charge in [-0.05, 0) is 63.6 Å². The van der Waals surface area contributed by atoms with Crippen LogP contribution in [0.15, 0.2) is 30.3 Å². The molecule has 1 amide bonds. The lowest BCUT2D eigenvalue weighted by Gasteiger charge is -2.28. The summed E-state index contributed by atoms with van der Waals surface area (Å²) in [4.78, 5) is 14.9. The molecule has 5 nitrogen and oxygen atoms in total. The van der Waals surface area contributed by atoms with Crippen LogP contribution in [0.1, 0.15) is 41.5 Å². The maximum Gasteiger partial charge on any atom is 0.254 e. The van der Waals surface area contributed by atoms with Gasteiger partial charge in [-0.15, -0.1) is 12.4 Å². The zero-order valence-electron chi connectivity index (χ0n) is 15.2. The first kappa shape index (κ1) is 19.5. The summed E-state index contributed by atoms with van der Waals surface area (Å²) in [6, 6.07) is 10.1. The Labute approximate surface area is 155 Å². The highest BCUT2D eigenvalue weighted by Crippen LogP contribution is 2.17. The van der Waals surface area contributed by atoms with Crippen molar-refractivity contribution in [3.63, 3.8) is 0 Å². The first-order valence-electron chi connectivity index (χ1n) is 8.75. The van der Waals surface area contributed by atoms with E-state index in [1.807, 2.05) is 47.7 Å². The molecule has 1 saturated heterocycles. The summed E-state index contributed by atoms with van der Waals surface area (Å²) in [5.74, 6) is 0.130. The first-order chi connectivity index (χ1) is 11.6. The van der Waals surface area contributed by atoms with Crippen molar-refractivity contribution in [2.45, 2.75) is 39.7 Å². The van der Waals surface area contributed by atoms with Crippen LogP contribution in [0.2, 0.25) is 0 Å². The second kappa shape index (κ2) is 8.50. The largest absolute Gasteiger partial charge is 0.334 e. The molecule has 1 aromatic heterocycles. The highest BCUT2D eigenvalue weighted by atomic mass is 35.5. The standard InChI is InChI=1S/C19H26N4O.ClH/c1-4-11-22(18-9-10-20-13-18)19(24)16-5-7-17(8-6-16)23-15(3)12-14(2)21-23;/h5-8,12,18,20H,4,9-11,13H2,1-3H3;1H. The molecule has 1 fully saturated rings. The molecule has 1 N–H and O–H groups in total. The number of hydrogen-bond acceptors (Lipinski definition) is 3. The second-order valence-electron chi connectivity index (χ2n) is 6.53. The molecule has 2 aromatic rings. The monoisotopic (exact) mass is 362 g/mol. The van der Waals surface area contributed by atoms with Gasteiger partial charge in [0.15, 0.2) is 0 Å². The molecule has 1 aliphatic rings. The maximum absolute atomic E-state index is 12.9. The number of carbonyl (C=O) groups excluding carboxylic acids is 1. The minimum atomic E-state index is 0. The molecule has 136 valence electrons. The number of rotatable bonds is 5. The van der Waals surface area contributed by atoms with Crippen molar-refractivity contribution in [2.75, 3.05) is 19.6 Å². The topological polar surface area (TPSA) is 50.2 Å². The van der Waals surface area contributed by atoms with Gasteiger partial charge in [-0.3, -0.25) is 4.79 Å². The Morgan fingerprint density at radius 2 is 2.04 bits per heavy atom. The Morgan fingerprint density at radius 1 is 1.32 bits per heavy atom. The minimum absolute atomic E-state index is 0. The smallest absolute Gasteiger partial charge is 0.254 e. The number of nitrogens with zero attached hydrogens (tertiary/aromatic N) is 3. The van der Waals surface area contributed by atoms with Crippen LogP contribution >= 0.6 is 12.4 Å². The maximum atomic E-state index is 12.9. The lowest BCUT2D eigenvalue weighted by molar-refractivity contribution is 0.0692. The van der Waals surface area contributed by atoms with E-state index in [9.17, 15) is 4.79 Å². The molecule has 1 aromatic carbocycles. The number of aryl methyl sites for hydroxylation is 2. The molecule has 0 bridgehead atoms. The summed E-state index contributed by atoms with van der Waals surface area (Å²) >= 11 is 0. The predicted molar refractivity (Wildman–Crippen MR) is 103 cm³/mol. The van der Waals surface area contributed by atoms with E-state index in [-0.39, 0.29) is 18.3 Å². The summed E-state index contributed by atoms with van der Waals surface area (Å²) in [6.07, 6.45) is 2.02.